The third kappa shape index (κ3) is 5.12. The Labute approximate surface area is 137 Å². The predicted molar refractivity (Wildman–Crippen MR) is 97.0 cm³/mol. The van der Waals surface area contributed by atoms with E-state index in [0.717, 1.165) is 6.54 Å². The summed E-state index contributed by atoms with van der Waals surface area (Å²) in [7, 11) is 0. The molecule has 0 heterocycles. The van der Waals surface area contributed by atoms with Crippen molar-refractivity contribution in [3.63, 3.8) is 0 Å². The van der Waals surface area contributed by atoms with Crippen molar-refractivity contribution in [3.8, 4) is 0 Å². The molecule has 0 amide bonds. The van der Waals surface area contributed by atoms with Gasteiger partial charge in [0.05, 0.1) is 0 Å². The van der Waals surface area contributed by atoms with E-state index in [9.17, 15) is 0 Å². The molecule has 114 valence electrons. The Balaban J connectivity index is 1.86. The third-order valence-corrected chi connectivity index (χ3v) is 4.43. The number of hydrogen-bond acceptors (Lipinski definition) is 1. The van der Waals surface area contributed by atoms with E-state index in [0.29, 0.717) is 0 Å². The number of fused-ring (bicyclic) bond motifs is 1. The average Bonchev–Trinajstić information content (AvgIpc) is 2.44. The maximum absolute atomic E-state index is 3.64. The van der Waals surface area contributed by atoms with Crippen LogP contribution in [0.25, 0.3) is 10.8 Å². The van der Waals surface area contributed by atoms with Crippen molar-refractivity contribution in [1.29, 1.82) is 0 Å². The largest absolute Gasteiger partial charge is 0.312 e. The highest BCUT2D eigenvalue weighted by Crippen LogP contribution is 2.27. The quantitative estimate of drug-likeness (QED) is 0.660. The molecule has 2 rings (SSSR count). The van der Waals surface area contributed by atoms with Gasteiger partial charge in [-0.2, -0.15) is 0 Å². The maximum atomic E-state index is 3.64. The molecule has 0 spiro atoms. The van der Waals surface area contributed by atoms with Gasteiger partial charge in [-0.3, -0.25) is 0 Å². The molecule has 1 N–H and O–H groups in total. The van der Waals surface area contributed by atoms with Crippen LogP contribution in [0.4, 0.5) is 0 Å². The molecule has 0 saturated heterocycles. The summed E-state index contributed by atoms with van der Waals surface area (Å²) in [5, 5.41) is 6.26. The second kappa shape index (κ2) is 7.42. The van der Waals surface area contributed by atoms with Crippen molar-refractivity contribution >= 4 is 26.7 Å². The number of rotatable bonds is 6. The Hall–Kier alpha value is -0.860. The molecule has 0 radical (unpaired) electrons. The number of benzene rings is 2. The minimum Gasteiger partial charge on any atom is -0.312 e. The van der Waals surface area contributed by atoms with Crippen LogP contribution < -0.4 is 5.32 Å². The first kappa shape index (κ1) is 16.5. The Morgan fingerprint density at radius 3 is 2.33 bits per heavy atom. The number of nitrogens with one attached hydrogen (secondary N) is 1. The third-order valence-electron chi connectivity index (χ3n) is 3.74. The van der Waals surface area contributed by atoms with Crippen LogP contribution in [-0.4, -0.2) is 12.1 Å². The van der Waals surface area contributed by atoms with Crippen molar-refractivity contribution in [1.82, 2.24) is 5.32 Å². The molecule has 2 aromatic rings. The predicted octanol–water partition coefficient (Wildman–Crippen LogP) is 5.70. The van der Waals surface area contributed by atoms with Gasteiger partial charge in [-0.25, -0.2) is 0 Å². The highest BCUT2D eigenvalue weighted by atomic mass is 79.9. The van der Waals surface area contributed by atoms with Crippen LogP contribution in [0, 0.1) is 0 Å². The minimum atomic E-state index is 0.238. The van der Waals surface area contributed by atoms with Gasteiger partial charge in [0.2, 0.25) is 0 Å². The number of unbranched alkanes of at least 4 members (excludes halogenated alkanes) is 2. The molecule has 0 fully saturated rings. The number of aryl methyl sites for hydroxylation is 1. The Kier molecular flexibility index (Phi) is 5.83. The molecule has 0 aromatic heterocycles. The highest BCUT2D eigenvalue weighted by Gasteiger charge is 2.07. The SMILES string of the molecule is CC(C)(C)NCCCCCc1ccc(Br)c2ccccc12. The Morgan fingerprint density at radius 1 is 0.905 bits per heavy atom. The second-order valence-corrected chi connectivity index (χ2v) is 7.59. The standard InChI is InChI=1S/C19H26BrN/c1-19(2,3)21-14-8-4-5-9-15-12-13-18(20)17-11-7-6-10-16(15)17/h6-7,10-13,21H,4-5,8-9,14H2,1-3H3. The fourth-order valence-corrected chi connectivity index (χ4v) is 3.10. The maximum Gasteiger partial charge on any atom is 0.0253 e. The fourth-order valence-electron chi connectivity index (χ4n) is 2.62. The number of hydrogen-bond donors (Lipinski definition) is 1. The average molecular weight is 348 g/mol. The van der Waals surface area contributed by atoms with Gasteiger partial charge in [0, 0.05) is 10.0 Å². The van der Waals surface area contributed by atoms with Gasteiger partial charge in [-0.15, -0.1) is 0 Å². The summed E-state index contributed by atoms with van der Waals surface area (Å²) in [6.45, 7) is 7.79. The molecule has 0 bridgehead atoms. The van der Waals surface area contributed by atoms with Crippen LogP contribution in [0.1, 0.15) is 45.6 Å². The topological polar surface area (TPSA) is 12.0 Å². The molecule has 0 atom stereocenters. The van der Waals surface area contributed by atoms with Gasteiger partial charge in [0.1, 0.15) is 0 Å². The summed E-state index contributed by atoms with van der Waals surface area (Å²) in [4.78, 5) is 0. The van der Waals surface area contributed by atoms with Gasteiger partial charge in [0.25, 0.3) is 0 Å². The highest BCUT2D eigenvalue weighted by molar-refractivity contribution is 9.10. The first-order chi connectivity index (χ1) is 9.97. The van der Waals surface area contributed by atoms with E-state index < -0.39 is 0 Å². The van der Waals surface area contributed by atoms with E-state index in [1.165, 1.54) is 46.5 Å². The van der Waals surface area contributed by atoms with Crippen molar-refractivity contribution in [2.24, 2.45) is 0 Å². The van der Waals surface area contributed by atoms with Gasteiger partial charge >= 0.3 is 0 Å². The van der Waals surface area contributed by atoms with Gasteiger partial charge in [-0.1, -0.05) is 52.7 Å². The molecule has 0 aliphatic rings. The van der Waals surface area contributed by atoms with Crippen LogP contribution >= 0.6 is 15.9 Å². The zero-order valence-electron chi connectivity index (χ0n) is 13.4. The summed E-state index contributed by atoms with van der Waals surface area (Å²) in [5.74, 6) is 0. The van der Waals surface area contributed by atoms with Crippen LogP contribution in [0.3, 0.4) is 0 Å². The number of halogens is 1. The lowest BCUT2D eigenvalue weighted by Gasteiger charge is -2.20. The lowest BCUT2D eigenvalue weighted by atomic mass is 9.99. The van der Waals surface area contributed by atoms with E-state index in [-0.39, 0.29) is 5.54 Å². The van der Waals surface area contributed by atoms with Gasteiger partial charge in [0.15, 0.2) is 0 Å². The Morgan fingerprint density at radius 2 is 1.62 bits per heavy atom. The first-order valence-electron chi connectivity index (χ1n) is 7.88. The zero-order valence-corrected chi connectivity index (χ0v) is 15.0. The molecular weight excluding hydrogens is 322 g/mol. The molecule has 1 nitrogen and oxygen atoms in total. The Bertz CT molecular complexity index is 584. The van der Waals surface area contributed by atoms with E-state index in [1.807, 2.05) is 0 Å². The van der Waals surface area contributed by atoms with E-state index >= 15 is 0 Å². The van der Waals surface area contributed by atoms with Gasteiger partial charge in [-0.05, 0) is 69.0 Å². The molecule has 2 aromatic carbocycles. The summed E-state index contributed by atoms with van der Waals surface area (Å²) < 4.78 is 1.19. The van der Waals surface area contributed by atoms with Crippen molar-refractivity contribution in [2.45, 2.75) is 52.0 Å². The normalized spacial score (nSPS) is 12.0. The van der Waals surface area contributed by atoms with Crippen LogP contribution in [0.15, 0.2) is 40.9 Å². The molecule has 2 heteroatoms. The molecule has 0 aliphatic carbocycles. The molecule has 0 aliphatic heterocycles. The van der Waals surface area contributed by atoms with Crippen LogP contribution in [0.5, 0.6) is 0 Å². The molecular formula is C19H26BrN. The van der Waals surface area contributed by atoms with E-state index in [1.54, 1.807) is 0 Å². The zero-order chi connectivity index (χ0) is 15.3. The van der Waals surface area contributed by atoms with Gasteiger partial charge < -0.3 is 5.32 Å². The smallest absolute Gasteiger partial charge is 0.0253 e. The monoisotopic (exact) mass is 347 g/mol. The van der Waals surface area contributed by atoms with Crippen LogP contribution in [0.2, 0.25) is 0 Å². The molecule has 0 saturated carbocycles. The fraction of sp³-hybridized carbons (Fsp3) is 0.474. The second-order valence-electron chi connectivity index (χ2n) is 6.74. The molecule has 21 heavy (non-hydrogen) atoms. The van der Waals surface area contributed by atoms with Crippen molar-refractivity contribution < 1.29 is 0 Å². The van der Waals surface area contributed by atoms with E-state index in [4.69, 9.17) is 0 Å². The summed E-state index contributed by atoms with van der Waals surface area (Å²) in [6.07, 6.45) is 4.97. The first-order valence-corrected chi connectivity index (χ1v) is 8.68. The minimum absolute atomic E-state index is 0.238. The lowest BCUT2D eigenvalue weighted by molar-refractivity contribution is 0.417. The summed E-state index contributed by atoms with van der Waals surface area (Å²) in [5.41, 5.74) is 1.71. The van der Waals surface area contributed by atoms with E-state index in [2.05, 4.69) is 78.4 Å². The summed E-state index contributed by atoms with van der Waals surface area (Å²) in [6, 6.07) is 13.1. The summed E-state index contributed by atoms with van der Waals surface area (Å²) >= 11 is 3.64. The molecule has 0 unspecified atom stereocenters. The van der Waals surface area contributed by atoms with Crippen molar-refractivity contribution in [3.05, 3.63) is 46.4 Å². The van der Waals surface area contributed by atoms with Crippen LogP contribution in [-0.2, 0) is 6.42 Å². The van der Waals surface area contributed by atoms with Crippen molar-refractivity contribution in [2.75, 3.05) is 6.54 Å². The lowest BCUT2D eigenvalue weighted by Crippen LogP contribution is -2.36.